The minimum absolute atomic E-state index is 0.0353. The Hall–Kier alpha value is -1.33. The summed E-state index contributed by atoms with van der Waals surface area (Å²) in [6.45, 7) is 0.0353. The lowest BCUT2D eigenvalue weighted by molar-refractivity contribution is 0.288. The van der Waals surface area contributed by atoms with Crippen molar-refractivity contribution in [3.63, 3.8) is 0 Å². The molecule has 0 spiro atoms. The van der Waals surface area contributed by atoms with Crippen molar-refractivity contribution in [2.75, 3.05) is 5.73 Å². The Morgan fingerprint density at radius 3 is 2.63 bits per heavy atom. The summed E-state index contributed by atoms with van der Waals surface area (Å²) in [5.74, 6) is -1.53. The van der Waals surface area contributed by atoms with E-state index in [9.17, 15) is 8.78 Å². The highest BCUT2D eigenvalue weighted by Gasteiger charge is 2.12. The zero-order valence-corrected chi connectivity index (χ0v) is 11.9. The van der Waals surface area contributed by atoms with Gasteiger partial charge in [0, 0.05) is 22.3 Å². The van der Waals surface area contributed by atoms with Gasteiger partial charge in [-0.15, -0.1) is 0 Å². The topological polar surface area (TPSA) is 35.2 Å². The highest BCUT2D eigenvalue weighted by atomic mass is 79.9. The Labute approximate surface area is 122 Å². The van der Waals surface area contributed by atoms with Gasteiger partial charge in [0.1, 0.15) is 12.4 Å². The highest BCUT2D eigenvalue weighted by molar-refractivity contribution is 9.10. The van der Waals surface area contributed by atoms with E-state index in [1.807, 2.05) is 0 Å². The Balaban J connectivity index is 2.21. The van der Waals surface area contributed by atoms with Gasteiger partial charge in [-0.05, 0) is 40.2 Å². The number of benzene rings is 2. The summed E-state index contributed by atoms with van der Waals surface area (Å²) in [5.41, 5.74) is 6.87. The van der Waals surface area contributed by atoms with Crippen LogP contribution in [0.3, 0.4) is 0 Å². The third kappa shape index (κ3) is 3.36. The van der Waals surface area contributed by atoms with E-state index in [4.69, 9.17) is 22.1 Å². The van der Waals surface area contributed by atoms with Crippen LogP contribution in [0.5, 0.6) is 5.75 Å². The molecule has 0 amide bonds. The average Bonchev–Trinajstić information content (AvgIpc) is 2.32. The van der Waals surface area contributed by atoms with Crippen LogP contribution in [0.2, 0.25) is 5.02 Å². The van der Waals surface area contributed by atoms with Crippen molar-refractivity contribution in [3.05, 3.63) is 57.0 Å². The monoisotopic (exact) mass is 347 g/mol. The lowest BCUT2D eigenvalue weighted by atomic mass is 10.2. The van der Waals surface area contributed by atoms with Crippen LogP contribution in [-0.4, -0.2) is 0 Å². The maximum absolute atomic E-state index is 13.5. The number of anilines is 1. The van der Waals surface area contributed by atoms with E-state index in [1.165, 1.54) is 0 Å². The molecule has 2 aromatic rings. The largest absolute Gasteiger partial charge is 0.485 e. The molecule has 2 nitrogen and oxygen atoms in total. The second kappa shape index (κ2) is 5.75. The van der Waals surface area contributed by atoms with Gasteiger partial charge in [-0.3, -0.25) is 0 Å². The minimum Gasteiger partial charge on any atom is -0.485 e. The van der Waals surface area contributed by atoms with Gasteiger partial charge in [-0.25, -0.2) is 8.78 Å². The molecule has 0 aliphatic heterocycles. The van der Waals surface area contributed by atoms with Crippen LogP contribution in [0, 0.1) is 11.6 Å². The maximum Gasteiger partial charge on any atom is 0.169 e. The molecule has 2 rings (SSSR count). The molecule has 2 aromatic carbocycles. The first kappa shape index (κ1) is 14.1. The van der Waals surface area contributed by atoms with Crippen LogP contribution >= 0.6 is 27.5 Å². The van der Waals surface area contributed by atoms with Crippen molar-refractivity contribution in [1.29, 1.82) is 0 Å². The number of hydrogen-bond acceptors (Lipinski definition) is 2. The molecule has 6 heteroatoms. The molecule has 19 heavy (non-hydrogen) atoms. The van der Waals surface area contributed by atoms with E-state index in [-0.39, 0.29) is 16.8 Å². The van der Waals surface area contributed by atoms with Gasteiger partial charge in [0.05, 0.1) is 4.47 Å². The molecule has 0 saturated carbocycles. The van der Waals surface area contributed by atoms with Gasteiger partial charge in [-0.2, -0.15) is 0 Å². The lowest BCUT2D eigenvalue weighted by Gasteiger charge is -2.11. The van der Waals surface area contributed by atoms with Crippen LogP contribution in [0.4, 0.5) is 14.5 Å². The number of ether oxygens (including phenoxy) is 1. The number of halogens is 4. The Morgan fingerprint density at radius 2 is 1.95 bits per heavy atom. The molecule has 0 aliphatic carbocycles. The van der Waals surface area contributed by atoms with Crippen molar-refractivity contribution in [1.82, 2.24) is 0 Å². The Bertz CT molecular complexity index is 599. The zero-order chi connectivity index (χ0) is 14.0. The van der Waals surface area contributed by atoms with Crippen LogP contribution in [0.15, 0.2) is 34.8 Å². The lowest BCUT2D eigenvalue weighted by Crippen LogP contribution is -2.02. The van der Waals surface area contributed by atoms with Crippen LogP contribution in [0.1, 0.15) is 5.56 Å². The molecule has 100 valence electrons. The number of nitrogens with two attached hydrogens (primary N) is 1. The molecular formula is C13H9BrClF2NO. The summed E-state index contributed by atoms with van der Waals surface area (Å²) in [6, 6.07) is 6.79. The summed E-state index contributed by atoms with van der Waals surface area (Å²) in [6.07, 6.45) is 0. The average molecular weight is 349 g/mol. The maximum atomic E-state index is 13.5. The van der Waals surface area contributed by atoms with Crippen LogP contribution in [0.25, 0.3) is 0 Å². The molecule has 0 fully saturated rings. The molecule has 0 heterocycles. The van der Waals surface area contributed by atoms with Gasteiger partial charge in [-0.1, -0.05) is 11.6 Å². The summed E-state index contributed by atoms with van der Waals surface area (Å²) in [5, 5.41) is 0.506. The molecule has 0 aliphatic rings. The first-order valence-electron chi connectivity index (χ1n) is 5.28. The molecule has 0 saturated heterocycles. The fourth-order valence-electron chi connectivity index (χ4n) is 1.52. The van der Waals surface area contributed by atoms with Gasteiger partial charge < -0.3 is 10.5 Å². The molecule has 0 radical (unpaired) electrons. The first-order valence-corrected chi connectivity index (χ1v) is 6.45. The fourth-order valence-corrected chi connectivity index (χ4v) is 2.23. The van der Waals surface area contributed by atoms with E-state index in [2.05, 4.69) is 15.9 Å². The molecule has 0 aromatic heterocycles. The zero-order valence-electron chi connectivity index (χ0n) is 9.59. The summed E-state index contributed by atoms with van der Waals surface area (Å²) in [7, 11) is 0. The normalized spacial score (nSPS) is 10.5. The first-order chi connectivity index (χ1) is 8.97. The number of nitrogen functional groups attached to an aromatic ring is 1. The van der Waals surface area contributed by atoms with Crippen molar-refractivity contribution in [2.45, 2.75) is 6.61 Å². The fraction of sp³-hybridized carbons (Fsp3) is 0.0769. The van der Waals surface area contributed by atoms with Crippen LogP contribution in [-0.2, 0) is 6.61 Å². The van der Waals surface area contributed by atoms with E-state index in [1.54, 1.807) is 18.2 Å². The second-order valence-corrected chi connectivity index (χ2v) is 5.12. The number of rotatable bonds is 3. The molecule has 0 bridgehead atoms. The SMILES string of the molecule is Nc1ccc(Cl)cc1COc1c(F)cc(F)cc1Br. The molecular weight excluding hydrogens is 340 g/mol. The van der Waals surface area contributed by atoms with E-state index < -0.39 is 11.6 Å². The van der Waals surface area contributed by atoms with Gasteiger partial charge in [0.2, 0.25) is 0 Å². The van der Waals surface area contributed by atoms with E-state index >= 15 is 0 Å². The smallest absolute Gasteiger partial charge is 0.169 e. The molecule has 2 N–H and O–H groups in total. The highest BCUT2D eigenvalue weighted by Crippen LogP contribution is 2.30. The van der Waals surface area contributed by atoms with Gasteiger partial charge in [0.15, 0.2) is 11.6 Å². The third-order valence-electron chi connectivity index (χ3n) is 2.44. The van der Waals surface area contributed by atoms with Crippen molar-refractivity contribution in [3.8, 4) is 5.75 Å². The predicted octanol–water partition coefficient (Wildman–Crippen LogP) is 4.54. The standard InChI is InChI=1S/C13H9BrClF2NO/c14-10-4-9(16)5-11(17)13(10)19-6-7-3-8(15)1-2-12(7)18/h1-5H,6,18H2. The van der Waals surface area contributed by atoms with E-state index in [0.717, 1.165) is 12.1 Å². The second-order valence-electron chi connectivity index (χ2n) is 3.83. The quantitative estimate of drug-likeness (QED) is 0.826. The molecule has 0 unspecified atom stereocenters. The van der Waals surface area contributed by atoms with Gasteiger partial charge >= 0.3 is 0 Å². The van der Waals surface area contributed by atoms with Crippen molar-refractivity contribution < 1.29 is 13.5 Å². The van der Waals surface area contributed by atoms with Crippen molar-refractivity contribution in [2.24, 2.45) is 0 Å². The number of hydrogen-bond donors (Lipinski definition) is 1. The summed E-state index contributed by atoms with van der Waals surface area (Å²) >= 11 is 8.88. The Morgan fingerprint density at radius 1 is 1.21 bits per heavy atom. The predicted molar refractivity (Wildman–Crippen MR) is 74.3 cm³/mol. The van der Waals surface area contributed by atoms with Crippen molar-refractivity contribution >= 4 is 33.2 Å². The van der Waals surface area contributed by atoms with Gasteiger partial charge in [0.25, 0.3) is 0 Å². The van der Waals surface area contributed by atoms with E-state index in [0.29, 0.717) is 16.3 Å². The third-order valence-corrected chi connectivity index (χ3v) is 3.26. The summed E-state index contributed by atoms with van der Waals surface area (Å²) < 4.78 is 32.0. The Kier molecular flexibility index (Phi) is 4.27. The molecule has 0 atom stereocenters. The minimum atomic E-state index is -0.785. The van der Waals surface area contributed by atoms with Crippen LogP contribution < -0.4 is 10.5 Å². The summed E-state index contributed by atoms with van der Waals surface area (Å²) in [4.78, 5) is 0.